The van der Waals surface area contributed by atoms with Crippen LogP contribution in [0.15, 0.2) is 35.1 Å². The van der Waals surface area contributed by atoms with Gasteiger partial charge in [-0.2, -0.15) is 4.68 Å². The summed E-state index contributed by atoms with van der Waals surface area (Å²) in [7, 11) is 0. The highest BCUT2D eigenvalue weighted by atomic mass is 16.5. The number of para-hydroxylation sites is 1. The van der Waals surface area contributed by atoms with Crippen molar-refractivity contribution in [1.82, 2.24) is 19.8 Å². The molecule has 0 saturated carbocycles. The molecule has 24 heavy (non-hydrogen) atoms. The third-order valence-corrected chi connectivity index (χ3v) is 4.25. The lowest BCUT2D eigenvalue weighted by molar-refractivity contribution is -0.930. The van der Waals surface area contributed by atoms with Crippen LogP contribution in [0.1, 0.15) is 19.8 Å². The summed E-state index contributed by atoms with van der Waals surface area (Å²) in [4.78, 5) is 25.5. The van der Waals surface area contributed by atoms with Crippen LogP contribution in [0.3, 0.4) is 0 Å². The van der Waals surface area contributed by atoms with Crippen LogP contribution in [0, 0.1) is 5.92 Å². The number of ether oxygens (including phenoxy) is 1. The molecule has 2 atom stereocenters. The summed E-state index contributed by atoms with van der Waals surface area (Å²) in [5.74, 6) is -0.247. The summed E-state index contributed by atoms with van der Waals surface area (Å²) < 4.78 is 7.75. The van der Waals surface area contributed by atoms with Gasteiger partial charge in [0.05, 0.1) is 25.4 Å². The van der Waals surface area contributed by atoms with E-state index in [1.807, 2.05) is 37.3 Å². The quantitative estimate of drug-likeness (QED) is 0.728. The predicted molar refractivity (Wildman–Crippen MR) is 85.7 cm³/mol. The van der Waals surface area contributed by atoms with Crippen molar-refractivity contribution in [3.8, 4) is 5.69 Å². The Hall–Kier alpha value is -2.48. The molecule has 1 aromatic carbocycles. The van der Waals surface area contributed by atoms with Gasteiger partial charge >= 0.3 is 11.7 Å². The number of hydrogen-bond donors (Lipinski definition) is 1. The minimum atomic E-state index is -0.271. The Kier molecular flexibility index (Phi) is 5.05. The van der Waals surface area contributed by atoms with Gasteiger partial charge in [0, 0.05) is 0 Å². The van der Waals surface area contributed by atoms with E-state index >= 15 is 0 Å². The van der Waals surface area contributed by atoms with Gasteiger partial charge in [-0.05, 0) is 42.3 Å². The molecule has 0 aliphatic carbocycles. The first-order valence-corrected chi connectivity index (χ1v) is 8.27. The van der Waals surface area contributed by atoms with E-state index < -0.39 is 0 Å². The van der Waals surface area contributed by atoms with Gasteiger partial charge in [-0.3, -0.25) is 4.79 Å². The molecule has 1 fully saturated rings. The molecule has 3 rings (SSSR count). The average Bonchev–Trinajstić information content (AvgIpc) is 2.97. The second-order valence-electron chi connectivity index (χ2n) is 5.96. The number of tetrazole rings is 1. The van der Waals surface area contributed by atoms with E-state index in [4.69, 9.17) is 4.74 Å². The van der Waals surface area contributed by atoms with Crippen LogP contribution in [-0.2, 0) is 16.2 Å². The molecular formula is C16H22N5O3+. The fourth-order valence-electron chi connectivity index (χ4n) is 3.07. The molecule has 2 heterocycles. The third-order valence-electron chi connectivity index (χ3n) is 4.25. The van der Waals surface area contributed by atoms with Crippen LogP contribution in [0.2, 0.25) is 0 Å². The highest BCUT2D eigenvalue weighted by Crippen LogP contribution is 2.09. The smallest absolute Gasteiger partial charge is 0.373 e. The summed E-state index contributed by atoms with van der Waals surface area (Å²) in [5.41, 5.74) is 0.416. The molecule has 1 aliphatic rings. The molecule has 128 valence electrons. The second-order valence-corrected chi connectivity index (χ2v) is 5.96. The van der Waals surface area contributed by atoms with E-state index in [0.717, 1.165) is 24.3 Å². The van der Waals surface area contributed by atoms with E-state index in [1.165, 1.54) is 9.36 Å². The summed E-state index contributed by atoms with van der Waals surface area (Å²) in [6, 6.07) is 9.20. The maximum atomic E-state index is 12.5. The molecule has 1 aliphatic heterocycles. The van der Waals surface area contributed by atoms with Gasteiger partial charge in [-0.1, -0.05) is 18.2 Å². The molecule has 0 amide bonds. The maximum Gasteiger partial charge on any atom is 0.373 e. The zero-order valence-electron chi connectivity index (χ0n) is 13.7. The summed E-state index contributed by atoms with van der Waals surface area (Å²) in [6.45, 7) is 4.17. The number of nitrogens with one attached hydrogen (secondary N) is 1. The predicted octanol–water partition coefficient (Wildman–Crippen LogP) is -0.755. The van der Waals surface area contributed by atoms with E-state index in [2.05, 4.69) is 10.4 Å². The number of likely N-dealkylation sites (tertiary alicyclic amines) is 1. The van der Waals surface area contributed by atoms with Crippen molar-refractivity contribution < 1.29 is 14.4 Å². The fraction of sp³-hybridized carbons (Fsp3) is 0.500. The van der Waals surface area contributed by atoms with Crippen molar-refractivity contribution in [2.24, 2.45) is 5.92 Å². The standard InChI is InChI=1S/C16H21N5O3/c1-2-24-15(22)13-7-6-10-19(11-13)12-20-16(23)21(18-17-20)14-8-4-3-5-9-14/h3-5,8-9,13H,2,6-7,10-12H2,1H3/p+1/t13-/m1/s1. The number of nitrogens with zero attached hydrogens (tertiary/aromatic N) is 4. The number of carbonyl (C=O) groups excluding carboxylic acids is 1. The number of piperidine rings is 1. The number of rotatable bonds is 5. The molecule has 1 saturated heterocycles. The molecule has 1 unspecified atom stereocenters. The van der Waals surface area contributed by atoms with Gasteiger partial charge in [0.15, 0.2) is 6.67 Å². The van der Waals surface area contributed by atoms with Crippen LogP contribution in [0.5, 0.6) is 0 Å². The van der Waals surface area contributed by atoms with Crippen LogP contribution < -0.4 is 10.6 Å². The molecule has 0 spiro atoms. The van der Waals surface area contributed by atoms with Crippen molar-refractivity contribution >= 4 is 5.97 Å². The molecule has 2 aromatic rings. The Morgan fingerprint density at radius 2 is 2.12 bits per heavy atom. The zero-order valence-corrected chi connectivity index (χ0v) is 13.7. The molecule has 8 nitrogen and oxygen atoms in total. The number of hydrogen-bond acceptors (Lipinski definition) is 5. The number of benzene rings is 1. The Bertz CT molecular complexity index is 740. The van der Waals surface area contributed by atoms with Crippen molar-refractivity contribution in [2.75, 3.05) is 19.7 Å². The fourth-order valence-corrected chi connectivity index (χ4v) is 3.07. The third kappa shape index (κ3) is 3.53. The number of aromatic nitrogens is 4. The Balaban J connectivity index is 1.69. The topological polar surface area (TPSA) is 83.4 Å². The minimum Gasteiger partial charge on any atom is -0.466 e. The van der Waals surface area contributed by atoms with Gasteiger partial charge < -0.3 is 9.64 Å². The number of esters is 1. The maximum absolute atomic E-state index is 12.5. The zero-order chi connectivity index (χ0) is 16.9. The van der Waals surface area contributed by atoms with Crippen molar-refractivity contribution in [1.29, 1.82) is 0 Å². The van der Waals surface area contributed by atoms with Crippen LogP contribution >= 0.6 is 0 Å². The molecule has 0 radical (unpaired) electrons. The summed E-state index contributed by atoms with van der Waals surface area (Å²) in [6.07, 6.45) is 1.77. The van der Waals surface area contributed by atoms with E-state index in [9.17, 15) is 9.59 Å². The first-order valence-electron chi connectivity index (χ1n) is 8.27. The average molecular weight is 332 g/mol. The van der Waals surface area contributed by atoms with Crippen LogP contribution in [0.25, 0.3) is 5.69 Å². The van der Waals surface area contributed by atoms with Crippen LogP contribution in [-0.4, -0.2) is 45.5 Å². The summed E-state index contributed by atoms with van der Waals surface area (Å²) >= 11 is 0. The largest absolute Gasteiger partial charge is 0.466 e. The lowest BCUT2D eigenvalue weighted by Crippen LogP contribution is -3.13. The number of carbonyl (C=O) groups is 1. The Labute approximate surface area is 139 Å². The second kappa shape index (κ2) is 7.39. The molecular weight excluding hydrogens is 310 g/mol. The van der Waals surface area contributed by atoms with Gasteiger partial charge in [0.1, 0.15) is 5.92 Å². The first-order chi connectivity index (χ1) is 11.7. The Morgan fingerprint density at radius 3 is 2.88 bits per heavy atom. The van der Waals surface area contributed by atoms with E-state index in [1.54, 1.807) is 0 Å². The van der Waals surface area contributed by atoms with Crippen LogP contribution in [0.4, 0.5) is 0 Å². The van der Waals surface area contributed by atoms with Gasteiger partial charge in [-0.25, -0.2) is 4.79 Å². The monoisotopic (exact) mass is 332 g/mol. The van der Waals surface area contributed by atoms with Crippen molar-refractivity contribution in [3.63, 3.8) is 0 Å². The van der Waals surface area contributed by atoms with E-state index in [0.29, 0.717) is 25.5 Å². The first kappa shape index (κ1) is 16.4. The number of quaternary nitrogens is 1. The van der Waals surface area contributed by atoms with Gasteiger partial charge in [0.2, 0.25) is 0 Å². The highest BCUT2D eigenvalue weighted by molar-refractivity contribution is 5.72. The Morgan fingerprint density at radius 1 is 1.33 bits per heavy atom. The molecule has 8 heteroatoms. The lowest BCUT2D eigenvalue weighted by atomic mass is 9.99. The molecule has 1 aromatic heterocycles. The lowest BCUT2D eigenvalue weighted by Gasteiger charge is -2.27. The van der Waals surface area contributed by atoms with Gasteiger partial charge in [-0.15, -0.1) is 4.68 Å². The molecule has 0 bridgehead atoms. The highest BCUT2D eigenvalue weighted by Gasteiger charge is 2.30. The normalized spacial score (nSPS) is 20.7. The summed E-state index contributed by atoms with van der Waals surface area (Å²) in [5, 5.41) is 7.92. The van der Waals surface area contributed by atoms with Crippen molar-refractivity contribution in [2.45, 2.75) is 26.4 Å². The van der Waals surface area contributed by atoms with E-state index in [-0.39, 0.29) is 17.6 Å². The molecule has 1 N–H and O–H groups in total. The minimum absolute atomic E-state index is 0.103. The van der Waals surface area contributed by atoms with Gasteiger partial charge in [0.25, 0.3) is 0 Å². The SMILES string of the molecule is CCOC(=O)[C@@H]1CCC[NH+](Cn2nnn(-c3ccccc3)c2=O)C1. The van der Waals surface area contributed by atoms with Crippen molar-refractivity contribution in [3.05, 3.63) is 40.8 Å².